The third-order valence-electron chi connectivity index (χ3n) is 7.91. The molecule has 7 heteroatoms. The first kappa shape index (κ1) is 18.9. The van der Waals surface area contributed by atoms with Gasteiger partial charge in [-0.3, -0.25) is 14.7 Å². The number of carbonyl (C=O) groups is 2. The Kier molecular flexibility index (Phi) is 5.00. The van der Waals surface area contributed by atoms with Gasteiger partial charge in [-0.25, -0.2) is 0 Å². The molecule has 1 aromatic heterocycles. The lowest BCUT2D eigenvalue weighted by Crippen LogP contribution is -2.65. The number of H-pyrrole nitrogens is 1. The minimum absolute atomic E-state index is 0.00379. The highest BCUT2D eigenvalue weighted by Gasteiger charge is 2.50. The molecule has 4 atom stereocenters. The van der Waals surface area contributed by atoms with Gasteiger partial charge in [-0.05, 0) is 43.4 Å². The second-order valence-corrected chi connectivity index (χ2v) is 9.74. The van der Waals surface area contributed by atoms with Gasteiger partial charge in [0.25, 0.3) is 5.91 Å². The molecule has 4 aliphatic rings. The van der Waals surface area contributed by atoms with Crippen molar-refractivity contribution in [3.05, 3.63) is 11.8 Å². The molecule has 2 amide bonds. The zero-order valence-electron chi connectivity index (χ0n) is 17.2. The normalized spacial score (nSPS) is 32.9. The number of fused-ring (bicyclic) bond motifs is 4. The van der Waals surface area contributed by atoms with Gasteiger partial charge in [-0.2, -0.15) is 5.10 Å². The maximum atomic E-state index is 13.1. The fraction of sp³-hybridized carbons (Fsp3) is 0.773. The van der Waals surface area contributed by atoms with Gasteiger partial charge in [-0.15, -0.1) is 0 Å². The fourth-order valence-corrected chi connectivity index (χ4v) is 6.63. The van der Waals surface area contributed by atoms with E-state index in [4.69, 9.17) is 5.73 Å². The van der Waals surface area contributed by atoms with Crippen molar-refractivity contribution in [3.8, 4) is 0 Å². The zero-order valence-corrected chi connectivity index (χ0v) is 17.2. The molecule has 3 saturated heterocycles. The molecular weight excluding hydrogens is 366 g/mol. The summed E-state index contributed by atoms with van der Waals surface area (Å²) in [4.78, 5) is 30.3. The first-order valence-corrected chi connectivity index (χ1v) is 11.5. The van der Waals surface area contributed by atoms with Crippen LogP contribution in [0.15, 0.2) is 6.07 Å². The first-order chi connectivity index (χ1) is 14.1. The van der Waals surface area contributed by atoms with Crippen molar-refractivity contribution in [2.45, 2.75) is 76.3 Å². The highest BCUT2D eigenvalue weighted by molar-refractivity contribution is 5.93. The van der Waals surface area contributed by atoms with Crippen LogP contribution in [0.1, 0.15) is 74.7 Å². The van der Waals surface area contributed by atoms with Gasteiger partial charge in [0.2, 0.25) is 5.91 Å². The maximum Gasteiger partial charge on any atom is 0.271 e. The number of hydrogen-bond donors (Lipinski definition) is 2. The van der Waals surface area contributed by atoms with Gasteiger partial charge in [0.05, 0.1) is 0 Å². The lowest BCUT2D eigenvalue weighted by molar-refractivity contribution is -0.153. The molecule has 1 aromatic rings. The average Bonchev–Trinajstić information content (AvgIpc) is 3.17. The van der Waals surface area contributed by atoms with E-state index < -0.39 is 0 Å². The summed E-state index contributed by atoms with van der Waals surface area (Å²) >= 11 is 0. The molecule has 3 N–H and O–H groups in total. The predicted octanol–water partition coefficient (Wildman–Crippen LogP) is 2.80. The monoisotopic (exact) mass is 399 g/mol. The smallest absolute Gasteiger partial charge is 0.271 e. The van der Waals surface area contributed by atoms with E-state index in [1.807, 2.05) is 4.90 Å². The lowest BCUT2D eigenvalue weighted by Gasteiger charge is -2.57. The van der Waals surface area contributed by atoms with Crippen LogP contribution in [0, 0.1) is 17.8 Å². The number of carbonyl (C=O) groups excluding carboxylic acids is 2. The number of nitrogen functional groups attached to an aromatic ring is 1. The maximum absolute atomic E-state index is 13.1. The van der Waals surface area contributed by atoms with Crippen molar-refractivity contribution >= 4 is 17.6 Å². The quantitative estimate of drug-likeness (QED) is 0.817. The minimum Gasteiger partial charge on any atom is -0.382 e. The molecule has 3 aliphatic heterocycles. The van der Waals surface area contributed by atoms with Crippen molar-refractivity contribution in [2.75, 3.05) is 18.8 Å². The molecule has 0 aromatic carbocycles. The van der Waals surface area contributed by atoms with Crippen molar-refractivity contribution in [1.29, 1.82) is 0 Å². The van der Waals surface area contributed by atoms with Gasteiger partial charge in [-0.1, -0.05) is 32.1 Å². The van der Waals surface area contributed by atoms with E-state index in [0.717, 1.165) is 44.7 Å². The van der Waals surface area contributed by atoms with Gasteiger partial charge in [0.1, 0.15) is 11.5 Å². The molecule has 1 saturated carbocycles. The number of amides is 2. The third kappa shape index (κ3) is 3.53. The fourth-order valence-electron chi connectivity index (χ4n) is 6.63. The molecule has 158 valence electrons. The van der Waals surface area contributed by atoms with E-state index in [9.17, 15) is 9.59 Å². The number of anilines is 1. The molecule has 5 rings (SSSR count). The topological polar surface area (TPSA) is 95.3 Å². The van der Waals surface area contributed by atoms with Gasteiger partial charge in [0.15, 0.2) is 0 Å². The number of aromatic amines is 1. The number of nitrogens with two attached hydrogens (primary N) is 1. The molecule has 0 radical (unpaired) electrons. The summed E-state index contributed by atoms with van der Waals surface area (Å²) < 4.78 is 0. The first-order valence-electron chi connectivity index (χ1n) is 11.5. The number of nitrogens with zero attached hydrogens (tertiary/aromatic N) is 3. The Bertz CT molecular complexity index is 771. The number of rotatable bonds is 3. The van der Waals surface area contributed by atoms with E-state index in [1.165, 1.54) is 32.1 Å². The van der Waals surface area contributed by atoms with Crippen LogP contribution in [0.2, 0.25) is 0 Å². The van der Waals surface area contributed by atoms with Crippen LogP contribution in [-0.2, 0) is 4.79 Å². The summed E-state index contributed by atoms with van der Waals surface area (Å²) in [7, 11) is 0. The van der Waals surface area contributed by atoms with Crippen LogP contribution in [0.25, 0.3) is 0 Å². The van der Waals surface area contributed by atoms with Crippen LogP contribution in [0.4, 0.5) is 5.82 Å². The summed E-state index contributed by atoms with van der Waals surface area (Å²) in [6.07, 6.45) is 11.7. The molecule has 0 spiro atoms. The molecule has 0 unspecified atom stereocenters. The molecular formula is C22H33N5O2. The Hall–Kier alpha value is -2.05. The molecule has 1 aliphatic carbocycles. The van der Waals surface area contributed by atoms with Crippen molar-refractivity contribution < 1.29 is 9.59 Å². The summed E-state index contributed by atoms with van der Waals surface area (Å²) in [5.41, 5.74) is 6.18. The highest BCUT2D eigenvalue weighted by Crippen LogP contribution is 2.44. The van der Waals surface area contributed by atoms with Crippen LogP contribution in [0.3, 0.4) is 0 Å². The molecule has 29 heavy (non-hydrogen) atoms. The highest BCUT2D eigenvalue weighted by atomic mass is 16.2. The number of likely N-dealkylation sites (tertiary alicyclic amines) is 1. The predicted molar refractivity (Wildman–Crippen MR) is 110 cm³/mol. The minimum atomic E-state index is -0.00379. The largest absolute Gasteiger partial charge is 0.382 e. The summed E-state index contributed by atoms with van der Waals surface area (Å²) in [5, 5.41) is 6.70. The van der Waals surface area contributed by atoms with E-state index in [0.29, 0.717) is 47.8 Å². The Balaban J connectivity index is 1.39. The Morgan fingerprint density at radius 1 is 1.14 bits per heavy atom. The van der Waals surface area contributed by atoms with Crippen LogP contribution < -0.4 is 5.73 Å². The van der Waals surface area contributed by atoms with Gasteiger partial charge >= 0.3 is 0 Å². The van der Waals surface area contributed by atoms with Crippen LogP contribution in [0.5, 0.6) is 0 Å². The Morgan fingerprint density at radius 2 is 1.93 bits per heavy atom. The number of piperidine rings is 3. The third-order valence-corrected chi connectivity index (χ3v) is 7.91. The summed E-state index contributed by atoms with van der Waals surface area (Å²) in [6, 6.07) is 2.24. The van der Waals surface area contributed by atoms with Crippen LogP contribution in [-0.4, -0.2) is 57.0 Å². The van der Waals surface area contributed by atoms with Crippen molar-refractivity contribution in [3.63, 3.8) is 0 Å². The number of aromatic nitrogens is 2. The Labute approximate surface area is 172 Å². The van der Waals surface area contributed by atoms with E-state index in [2.05, 4.69) is 15.1 Å². The zero-order chi connectivity index (χ0) is 20.0. The van der Waals surface area contributed by atoms with Gasteiger partial charge in [0, 0.05) is 37.7 Å². The summed E-state index contributed by atoms with van der Waals surface area (Å²) in [5.74, 6) is 2.22. The van der Waals surface area contributed by atoms with Crippen LogP contribution >= 0.6 is 0 Å². The SMILES string of the molecule is Nc1cc(C(=O)N2C[C@H]3C[C@@H](C2)[C@H](CC2CCCCC2)N2C(=O)CCC[C@@H]32)[nH]n1. The second kappa shape index (κ2) is 7.65. The van der Waals surface area contributed by atoms with Crippen molar-refractivity contribution in [2.24, 2.45) is 17.8 Å². The molecule has 2 bridgehead atoms. The Morgan fingerprint density at radius 3 is 2.69 bits per heavy atom. The number of nitrogens with one attached hydrogen (secondary N) is 1. The van der Waals surface area contributed by atoms with Gasteiger partial charge < -0.3 is 15.5 Å². The van der Waals surface area contributed by atoms with E-state index in [1.54, 1.807) is 6.07 Å². The van der Waals surface area contributed by atoms with Crippen molar-refractivity contribution in [1.82, 2.24) is 20.0 Å². The van der Waals surface area contributed by atoms with E-state index >= 15 is 0 Å². The molecule has 7 nitrogen and oxygen atoms in total. The number of hydrogen-bond acceptors (Lipinski definition) is 4. The van der Waals surface area contributed by atoms with E-state index in [-0.39, 0.29) is 5.91 Å². The molecule has 4 fully saturated rings. The standard InChI is InChI=1S/C22H33N5O2/c23-20-11-17(24-25-20)22(29)26-12-15-10-16(13-26)19(9-14-5-2-1-3-6-14)27-18(15)7-4-8-21(27)28/h11,14-16,18-19H,1-10,12-13H2,(H3,23,24,25)/t15-,16+,18+,19+/m1/s1. The second-order valence-electron chi connectivity index (χ2n) is 9.74. The molecule has 4 heterocycles. The summed E-state index contributed by atoms with van der Waals surface area (Å²) in [6.45, 7) is 1.47. The lowest BCUT2D eigenvalue weighted by atomic mass is 9.69. The average molecular weight is 400 g/mol.